The number of hydrogen-bond donors (Lipinski definition) is 2. The van der Waals surface area contributed by atoms with E-state index >= 15 is 0 Å². The van der Waals surface area contributed by atoms with Crippen LogP contribution in [-0.4, -0.2) is 9.97 Å². The second-order valence-electron chi connectivity index (χ2n) is 3.74. The molecule has 2 aromatic heterocycles. The lowest BCUT2D eigenvalue weighted by molar-refractivity contribution is 0.872. The van der Waals surface area contributed by atoms with Crippen molar-refractivity contribution in [2.75, 3.05) is 11.1 Å². The summed E-state index contributed by atoms with van der Waals surface area (Å²) in [6.45, 7) is 2.03. The van der Waals surface area contributed by atoms with Gasteiger partial charge in [0.1, 0.15) is 5.82 Å². The number of halogens is 1. The van der Waals surface area contributed by atoms with Gasteiger partial charge in [0.2, 0.25) is 0 Å². The van der Waals surface area contributed by atoms with Crippen LogP contribution in [0.4, 0.5) is 11.5 Å². The largest absolute Gasteiger partial charge is 0.396 e. The minimum Gasteiger partial charge on any atom is -0.396 e. The maximum atomic E-state index is 5.83. The highest BCUT2D eigenvalue weighted by atomic mass is 35.5. The first-order chi connectivity index (χ1) is 8.16. The van der Waals surface area contributed by atoms with E-state index in [0.29, 0.717) is 16.5 Å². The third-order valence-corrected chi connectivity index (χ3v) is 2.65. The Bertz CT molecular complexity index is 501. The van der Waals surface area contributed by atoms with Gasteiger partial charge in [-0.1, -0.05) is 11.6 Å². The molecule has 0 fully saturated rings. The number of rotatable bonds is 3. The smallest absolute Gasteiger partial charge is 0.149 e. The maximum Gasteiger partial charge on any atom is 0.149 e. The van der Waals surface area contributed by atoms with Crippen molar-refractivity contribution in [1.82, 2.24) is 9.97 Å². The normalized spacial score (nSPS) is 12.1. The van der Waals surface area contributed by atoms with Gasteiger partial charge in [0.15, 0.2) is 0 Å². The van der Waals surface area contributed by atoms with Crippen molar-refractivity contribution in [2.45, 2.75) is 13.0 Å². The average molecular weight is 249 g/mol. The highest BCUT2D eigenvalue weighted by Gasteiger charge is 2.08. The van der Waals surface area contributed by atoms with Crippen LogP contribution in [0.3, 0.4) is 0 Å². The van der Waals surface area contributed by atoms with Crippen molar-refractivity contribution in [3.05, 3.63) is 47.4 Å². The van der Waals surface area contributed by atoms with Crippen LogP contribution in [0.2, 0.25) is 5.02 Å². The molecule has 2 aromatic rings. The van der Waals surface area contributed by atoms with Crippen LogP contribution in [0.15, 0.2) is 36.8 Å². The zero-order chi connectivity index (χ0) is 12.3. The third kappa shape index (κ3) is 2.85. The topological polar surface area (TPSA) is 63.8 Å². The standard InChI is InChI=1S/C12H13ClN4/c1-8(9-2-4-15-5-3-9)17-12-11(14)6-10(13)7-16-12/h2-8H,14H2,1H3,(H,16,17). The summed E-state index contributed by atoms with van der Waals surface area (Å²) in [6.07, 6.45) is 5.08. The van der Waals surface area contributed by atoms with Crippen LogP contribution in [0.5, 0.6) is 0 Å². The Kier molecular flexibility index (Phi) is 3.44. The number of nitrogens with two attached hydrogens (primary N) is 1. The summed E-state index contributed by atoms with van der Waals surface area (Å²) in [5.74, 6) is 0.638. The second kappa shape index (κ2) is 5.01. The van der Waals surface area contributed by atoms with E-state index in [1.807, 2.05) is 19.1 Å². The number of aromatic nitrogens is 2. The molecular weight excluding hydrogens is 236 g/mol. The van der Waals surface area contributed by atoms with Crippen LogP contribution in [-0.2, 0) is 0 Å². The summed E-state index contributed by atoms with van der Waals surface area (Å²) < 4.78 is 0. The minimum absolute atomic E-state index is 0.106. The molecule has 0 aliphatic heterocycles. The zero-order valence-electron chi connectivity index (χ0n) is 9.39. The minimum atomic E-state index is 0.106. The summed E-state index contributed by atoms with van der Waals surface area (Å²) in [4.78, 5) is 8.14. The van der Waals surface area contributed by atoms with Crippen molar-refractivity contribution in [2.24, 2.45) is 0 Å². The number of nitrogens with zero attached hydrogens (tertiary/aromatic N) is 2. The molecule has 5 heteroatoms. The van der Waals surface area contributed by atoms with E-state index in [2.05, 4.69) is 15.3 Å². The molecule has 2 heterocycles. The van der Waals surface area contributed by atoms with Crippen molar-refractivity contribution in [3.63, 3.8) is 0 Å². The van der Waals surface area contributed by atoms with Gasteiger partial charge in [-0.25, -0.2) is 4.98 Å². The Labute approximate surface area is 105 Å². The van der Waals surface area contributed by atoms with E-state index in [1.54, 1.807) is 24.7 Å². The quantitative estimate of drug-likeness (QED) is 0.877. The van der Waals surface area contributed by atoms with Crippen molar-refractivity contribution in [3.8, 4) is 0 Å². The first-order valence-electron chi connectivity index (χ1n) is 5.24. The summed E-state index contributed by atoms with van der Waals surface area (Å²) >= 11 is 5.79. The van der Waals surface area contributed by atoms with Gasteiger partial charge in [-0.2, -0.15) is 0 Å². The molecule has 3 N–H and O–H groups in total. The zero-order valence-corrected chi connectivity index (χ0v) is 10.1. The van der Waals surface area contributed by atoms with Crippen LogP contribution in [0, 0.1) is 0 Å². The van der Waals surface area contributed by atoms with Gasteiger partial charge in [-0.3, -0.25) is 4.98 Å². The van der Waals surface area contributed by atoms with Gasteiger partial charge in [-0.15, -0.1) is 0 Å². The SMILES string of the molecule is CC(Nc1ncc(Cl)cc1N)c1ccncc1. The first-order valence-corrected chi connectivity index (χ1v) is 5.62. The van der Waals surface area contributed by atoms with Crippen molar-refractivity contribution < 1.29 is 0 Å². The molecule has 1 atom stereocenters. The summed E-state index contributed by atoms with van der Waals surface area (Å²) in [5.41, 5.74) is 7.49. The van der Waals surface area contributed by atoms with Gasteiger partial charge in [0.05, 0.1) is 16.8 Å². The number of nitrogen functional groups attached to an aromatic ring is 1. The van der Waals surface area contributed by atoms with Crippen LogP contribution < -0.4 is 11.1 Å². The van der Waals surface area contributed by atoms with E-state index in [-0.39, 0.29) is 6.04 Å². The number of hydrogen-bond acceptors (Lipinski definition) is 4. The Balaban J connectivity index is 2.16. The van der Waals surface area contributed by atoms with Crippen LogP contribution in [0.1, 0.15) is 18.5 Å². The lowest BCUT2D eigenvalue weighted by Crippen LogP contribution is -2.09. The molecule has 0 aliphatic rings. The lowest BCUT2D eigenvalue weighted by Gasteiger charge is -2.16. The summed E-state index contributed by atoms with van der Waals surface area (Å²) in [5, 5.41) is 3.76. The molecule has 0 saturated heterocycles. The third-order valence-electron chi connectivity index (χ3n) is 2.44. The molecule has 0 amide bonds. The molecule has 1 unspecified atom stereocenters. The van der Waals surface area contributed by atoms with E-state index in [0.717, 1.165) is 5.56 Å². The van der Waals surface area contributed by atoms with Gasteiger partial charge in [-0.05, 0) is 30.7 Å². The second-order valence-corrected chi connectivity index (χ2v) is 4.17. The lowest BCUT2D eigenvalue weighted by atomic mass is 10.1. The highest BCUT2D eigenvalue weighted by molar-refractivity contribution is 6.30. The molecule has 4 nitrogen and oxygen atoms in total. The van der Waals surface area contributed by atoms with E-state index in [4.69, 9.17) is 17.3 Å². The predicted octanol–water partition coefficient (Wildman–Crippen LogP) is 2.89. The maximum absolute atomic E-state index is 5.83. The molecule has 0 aromatic carbocycles. The number of pyridine rings is 2. The van der Waals surface area contributed by atoms with Crippen LogP contribution in [0.25, 0.3) is 0 Å². The molecular formula is C12H13ClN4. The molecule has 0 aliphatic carbocycles. The fourth-order valence-corrected chi connectivity index (χ4v) is 1.68. The van der Waals surface area contributed by atoms with Crippen LogP contribution >= 0.6 is 11.6 Å². The van der Waals surface area contributed by atoms with Crippen molar-refractivity contribution >= 4 is 23.1 Å². The Hall–Kier alpha value is -1.81. The molecule has 0 saturated carbocycles. The molecule has 88 valence electrons. The molecule has 17 heavy (non-hydrogen) atoms. The Morgan fingerprint density at radius 2 is 2.06 bits per heavy atom. The Morgan fingerprint density at radius 3 is 2.71 bits per heavy atom. The summed E-state index contributed by atoms with van der Waals surface area (Å²) in [6, 6.07) is 5.68. The highest BCUT2D eigenvalue weighted by Crippen LogP contribution is 2.23. The first kappa shape index (κ1) is 11.7. The van der Waals surface area contributed by atoms with E-state index < -0.39 is 0 Å². The average Bonchev–Trinajstić information content (AvgIpc) is 2.34. The Morgan fingerprint density at radius 1 is 1.35 bits per heavy atom. The molecule has 2 rings (SSSR count). The van der Waals surface area contributed by atoms with Gasteiger partial charge >= 0.3 is 0 Å². The summed E-state index contributed by atoms with van der Waals surface area (Å²) in [7, 11) is 0. The van der Waals surface area contributed by atoms with Crippen molar-refractivity contribution in [1.29, 1.82) is 0 Å². The molecule has 0 bridgehead atoms. The number of anilines is 2. The monoisotopic (exact) mass is 248 g/mol. The van der Waals surface area contributed by atoms with Gasteiger partial charge in [0.25, 0.3) is 0 Å². The van der Waals surface area contributed by atoms with E-state index in [1.165, 1.54) is 0 Å². The van der Waals surface area contributed by atoms with E-state index in [9.17, 15) is 0 Å². The molecule has 0 spiro atoms. The van der Waals surface area contributed by atoms with Gasteiger partial charge in [0, 0.05) is 18.6 Å². The predicted molar refractivity (Wildman–Crippen MR) is 69.9 cm³/mol. The fraction of sp³-hybridized carbons (Fsp3) is 0.167. The molecule has 0 radical (unpaired) electrons. The van der Waals surface area contributed by atoms with Gasteiger partial charge < -0.3 is 11.1 Å². The fourth-order valence-electron chi connectivity index (χ4n) is 1.52. The number of nitrogens with one attached hydrogen (secondary N) is 1.